The molecule has 0 radical (unpaired) electrons. The van der Waals surface area contributed by atoms with Gasteiger partial charge < -0.3 is 20.3 Å². The Hall–Kier alpha value is -3.10. The van der Waals surface area contributed by atoms with E-state index in [9.17, 15) is 19.7 Å². The third-order valence-corrected chi connectivity index (χ3v) is 3.49. The van der Waals surface area contributed by atoms with Crippen LogP contribution in [0.15, 0.2) is 24.3 Å². The fraction of sp³-hybridized carbons (Fsp3) is 0.333. The normalized spacial score (nSPS) is 10.5. The predicted octanol–water partition coefficient (Wildman–Crippen LogP) is 2.20. The molecule has 128 valence electrons. The van der Waals surface area contributed by atoms with E-state index in [0.717, 1.165) is 0 Å². The average Bonchev–Trinajstić information content (AvgIpc) is 2.96. The van der Waals surface area contributed by atoms with E-state index >= 15 is 0 Å². The molecule has 24 heavy (non-hydrogen) atoms. The Morgan fingerprint density at radius 1 is 1.33 bits per heavy atom. The summed E-state index contributed by atoms with van der Waals surface area (Å²) in [6, 6.07) is 5.81. The number of non-ortho nitro benzene ring substituents is 1. The molecule has 2 rings (SSSR count). The zero-order valence-corrected chi connectivity index (χ0v) is 13.1. The van der Waals surface area contributed by atoms with E-state index in [1.165, 1.54) is 29.2 Å². The maximum atomic E-state index is 12.1. The van der Waals surface area contributed by atoms with Gasteiger partial charge in [0.05, 0.1) is 4.92 Å². The van der Waals surface area contributed by atoms with Gasteiger partial charge in [0.25, 0.3) is 11.6 Å². The van der Waals surface area contributed by atoms with Crippen molar-refractivity contribution in [3.05, 3.63) is 40.1 Å². The van der Waals surface area contributed by atoms with Crippen LogP contribution in [0.4, 0.5) is 10.5 Å². The van der Waals surface area contributed by atoms with Crippen molar-refractivity contribution < 1.29 is 19.6 Å². The van der Waals surface area contributed by atoms with E-state index in [-0.39, 0.29) is 24.5 Å². The Bertz CT molecular complexity index is 770. The van der Waals surface area contributed by atoms with Crippen molar-refractivity contribution in [2.75, 3.05) is 19.6 Å². The number of H-pyrrole nitrogens is 1. The summed E-state index contributed by atoms with van der Waals surface area (Å²) in [7, 11) is 0. The molecule has 9 nitrogen and oxygen atoms in total. The molecular weight excluding hydrogens is 316 g/mol. The number of hydrogen-bond donors (Lipinski definition) is 3. The van der Waals surface area contributed by atoms with Gasteiger partial charge >= 0.3 is 6.09 Å². The number of nitro groups is 1. The Morgan fingerprint density at radius 3 is 2.71 bits per heavy atom. The predicted molar refractivity (Wildman–Crippen MR) is 87.2 cm³/mol. The molecular formula is C15H18N4O5. The number of carbonyl (C=O) groups excluding carboxylic acids is 1. The molecule has 2 amide bonds. The van der Waals surface area contributed by atoms with Crippen LogP contribution in [0.3, 0.4) is 0 Å². The topological polar surface area (TPSA) is 129 Å². The SMILES string of the molecule is CCCN(CCNC(=O)c1cc2cc([N+](=O)[O-])ccc2[nH]1)C(=O)O. The average molecular weight is 334 g/mol. The first-order chi connectivity index (χ1) is 11.4. The summed E-state index contributed by atoms with van der Waals surface area (Å²) in [4.78, 5) is 37.5. The van der Waals surface area contributed by atoms with Gasteiger partial charge in [0, 0.05) is 42.7 Å². The molecule has 0 unspecified atom stereocenters. The van der Waals surface area contributed by atoms with Crippen LogP contribution in [0, 0.1) is 10.1 Å². The second-order valence-electron chi connectivity index (χ2n) is 5.24. The molecule has 0 spiro atoms. The highest BCUT2D eigenvalue weighted by Gasteiger charge is 2.14. The lowest BCUT2D eigenvalue weighted by atomic mass is 10.2. The summed E-state index contributed by atoms with van der Waals surface area (Å²) >= 11 is 0. The zero-order chi connectivity index (χ0) is 17.7. The van der Waals surface area contributed by atoms with Gasteiger partial charge in [-0.25, -0.2) is 4.79 Å². The molecule has 0 saturated carbocycles. The molecule has 0 aliphatic heterocycles. The van der Waals surface area contributed by atoms with Crippen LogP contribution in [0.25, 0.3) is 10.9 Å². The minimum Gasteiger partial charge on any atom is -0.465 e. The van der Waals surface area contributed by atoms with Gasteiger partial charge in [-0.15, -0.1) is 0 Å². The summed E-state index contributed by atoms with van der Waals surface area (Å²) in [6.07, 6.45) is -0.329. The van der Waals surface area contributed by atoms with Gasteiger partial charge in [0.2, 0.25) is 0 Å². The van der Waals surface area contributed by atoms with Crippen LogP contribution in [0.5, 0.6) is 0 Å². The molecule has 0 fully saturated rings. The Labute approximate surface area is 137 Å². The number of rotatable bonds is 7. The summed E-state index contributed by atoms with van der Waals surface area (Å²) in [6.45, 7) is 2.65. The lowest BCUT2D eigenvalue weighted by Gasteiger charge is -2.18. The number of fused-ring (bicyclic) bond motifs is 1. The van der Waals surface area contributed by atoms with E-state index in [4.69, 9.17) is 5.11 Å². The summed E-state index contributed by atoms with van der Waals surface area (Å²) in [5.41, 5.74) is 0.830. The maximum absolute atomic E-state index is 12.1. The van der Waals surface area contributed by atoms with E-state index < -0.39 is 16.9 Å². The number of nitro benzene ring substituents is 1. The molecule has 0 aliphatic carbocycles. The fourth-order valence-electron chi connectivity index (χ4n) is 2.33. The number of carboxylic acid groups (broad SMARTS) is 1. The third-order valence-electron chi connectivity index (χ3n) is 3.49. The molecule has 1 heterocycles. The van der Waals surface area contributed by atoms with Gasteiger partial charge in [-0.2, -0.15) is 0 Å². The van der Waals surface area contributed by atoms with E-state index in [1.54, 1.807) is 0 Å². The van der Waals surface area contributed by atoms with E-state index in [1.807, 2.05) is 6.92 Å². The molecule has 0 saturated heterocycles. The number of carbonyl (C=O) groups is 2. The zero-order valence-electron chi connectivity index (χ0n) is 13.1. The minimum atomic E-state index is -1.02. The van der Waals surface area contributed by atoms with E-state index in [2.05, 4.69) is 10.3 Å². The first-order valence-corrected chi connectivity index (χ1v) is 7.45. The molecule has 0 bridgehead atoms. The Balaban J connectivity index is 2.00. The fourth-order valence-corrected chi connectivity index (χ4v) is 2.33. The van der Waals surface area contributed by atoms with Crippen LogP contribution in [0.2, 0.25) is 0 Å². The molecule has 1 aromatic heterocycles. The quantitative estimate of drug-likeness (QED) is 0.528. The maximum Gasteiger partial charge on any atom is 0.407 e. The standard InChI is InChI=1S/C15H18N4O5/c1-2-6-18(15(21)22)7-5-16-14(20)13-9-10-8-11(19(23)24)3-4-12(10)17-13/h3-4,8-9,17H,2,5-7H2,1H3,(H,16,20)(H,21,22). The first kappa shape index (κ1) is 17.3. The van der Waals surface area contributed by atoms with Crippen molar-refractivity contribution in [2.45, 2.75) is 13.3 Å². The first-order valence-electron chi connectivity index (χ1n) is 7.45. The largest absolute Gasteiger partial charge is 0.465 e. The number of hydrogen-bond acceptors (Lipinski definition) is 4. The highest BCUT2D eigenvalue weighted by Crippen LogP contribution is 2.21. The van der Waals surface area contributed by atoms with Gasteiger partial charge in [-0.3, -0.25) is 14.9 Å². The van der Waals surface area contributed by atoms with Gasteiger partial charge in [-0.05, 0) is 18.6 Å². The van der Waals surface area contributed by atoms with Crippen LogP contribution in [0.1, 0.15) is 23.8 Å². The Morgan fingerprint density at radius 2 is 2.08 bits per heavy atom. The van der Waals surface area contributed by atoms with Crippen LogP contribution >= 0.6 is 0 Å². The van der Waals surface area contributed by atoms with Crippen molar-refractivity contribution in [2.24, 2.45) is 0 Å². The molecule has 0 atom stereocenters. The van der Waals surface area contributed by atoms with Gasteiger partial charge in [-0.1, -0.05) is 6.92 Å². The number of amides is 2. The number of aromatic amines is 1. The van der Waals surface area contributed by atoms with Crippen molar-refractivity contribution in [3.8, 4) is 0 Å². The monoisotopic (exact) mass is 334 g/mol. The molecule has 3 N–H and O–H groups in total. The molecule has 1 aromatic carbocycles. The van der Waals surface area contributed by atoms with Crippen molar-refractivity contribution in [1.82, 2.24) is 15.2 Å². The van der Waals surface area contributed by atoms with Gasteiger partial charge in [0.15, 0.2) is 0 Å². The van der Waals surface area contributed by atoms with E-state index in [0.29, 0.717) is 23.9 Å². The summed E-state index contributed by atoms with van der Waals surface area (Å²) in [5.74, 6) is -0.393. The minimum absolute atomic E-state index is 0.0508. The number of benzene rings is 1. The second kappa shape index (κ2) is 7.44. The number of nitrogens with zero attached hydrogens (tertiary/aromatic N) is 2. The van der Waals surface area contributed by atoms with Crippen LogP contribution in [-0.2, 0) is 0 Å². The highest BCUT2D eigenvalue weighted by molar-refractivity contribution is 5.98. The number of aromatic nitrogens is 1. The van der Waals surface area contributed by atoms with Crippen molar-refractivity contribution >= 4 is 28.6 Å². The van der Waals surface area contributed by atoms with Crippen molar-refractivity contribution in [3.63, 3.8) is 0 Å². The molecule has 0 aliphatic rings. The molecule has 2 aromatic rings. The summed E-state index contributed by atoms with van der Waals surface area (Å²) in [5, 5.41) is 23.0. The smallest absolute Gasteiger partial charge is 0.407 e. The second-order valence-corrected chi connectivity index (χ2v) is 5.24. The third kappa shape index (κ3) is 4.00. The highest BCUT2D eigenvalue weighted by atomic mass is 16.6. The summed E-state index contributed by atoms with van der Waals surface area (Å²) < 4.78 is 0. The molecule has 9 heteroatoms. The lowest BCUT2D eigenvalue weighted by molar-refractivity contribution is -0.384. The number of nitrogens with one attached hydrogen (secondary N) is 2. The van der Waals surface area contributed by atoms with Gasteiger partial charge in [0.1, 0.15) is 5.69 Å². The van der Waals surface area contributed by atoms with Crippen LogP contribution < -0.4 is 5.32 Å². The Kier molecular flexibility index (Phi) is 5.35. The van der Waals surface area contributed by atoms with Crippen molar-refractivity contribution in [1.29, 1.82) is 0 Å². The lowest BCUT2D eigenvalue weighted by Crippen LogP contribution is -2.38. The van der Waals surface area contributed by atoms with Crippen LogP contribution in [-0.4, -0.2) is 51.5 Å².